The summed E-state index contributed by atoms with van der Waals surface area (Å²) in [6, 6.07) is 18.9. The zero-order valence-corrected chi connectivity index (χ0v) is 14.7. The van der Waals surface area contributed by atoms with Crippen LogP contribution in [0.25, 0.3) is 0 Å². The Kier molecular flexibility index (Phi) is 5.41. The smallest absolute Gasteiger partial charge is 0.276 e. The molecule has 1 aromatic heterocycles. The summed E-state index contributed by atoms with van der Waals surface area (Å²) < 4.78 is 1.25. The molecule has 0 fully saturated rings. The summed E-state index contributed by atoms with van der Waals surface area (Å²) in [4.78, 5) is 35.7. The molecule has 0 radical (unpaired) electrons. The van der Waals surface area contributed by atoms with Crippen molar-refractivity contribution in [2.45, 2.75) is 13.5 Å². The first-order valence-electron chi connectivity index (χ1n) is 8.32. The molecular weight excluding hydrogens is 344 g/mol. The molecule has 0 bridgehead atoms. The van der Waals surface area contributed by atoms with Gasteiger partial charge in [-0.2, -0.15) is 5.10 Å². The number of anilines is 2. The average Bonchev–Trinajstić information content (AvgIpc) is 2.64. The fraction of sp³-hybridized carbons (Fsp3) is 0.100. The summed E-state index contributed by atoms with van der Waals surface area (Å²) in [7, 11) is 0. The first-order valence-corrected chi connectivity index (χ1v) is 8.32. The molecule has 3 rings (SSSR count). The van der Waals surface area contributed by atoms with Gasteiger partial charge in [0, 0.05) is 24.4 Å². The van der Waals surface area contributed by atoms with Crippen LogP contribution < -0.4 is 16.2 Å². The van der Waals surface area contributed by atoms with Gasteiger partial charge in [0.25, 0.3) is 11.5 Å². The van der Waals surface area contributed by atoms with E-state index in [1.54, 1.807) is 24.3 Å². The largest absolute Gasteiger partial charge is 0.326 e. The van der Waals surface area contributed by atoms with E-state index < -0.39 is 5.91 Å². The first-order chi connectivity index (χ1) is 13.0. The third-order valence-corrected chi connectivity index (χ3v) is 3.72. The summed E-state index contributed by atoms with van der Waals surface area (Å²) in [5, 5.41) is 9.52. The SMILES string of the molecule is CC(=O)Nc1cccc(NC(=O)c2ccc(=O)n(Cc3ccccc3)n2)c1. The molecule has 0 saturated carbocycles. The van der Waals surface area contributed by atoms with Crippen LogP contribution in [0.3, 0.4) is 0 Å². The Morgan fingerprint density at radius 1 is 0.926 bits per heavy atom. The van der Waals surface area contributed by atoms with E-state index in [1.165, 1.54) is 23.7 Å². The van der Waals surface area contributed by atoms with E-state index in [-0.39, 0.29) is 23.7 Å². The second-order valence-corrected chi connectivity index (χ2v) is 5.92. The molecule has 0 unspecified atom stereocenters. The minimum absolute atomic E-state index is 0.121. The highest BCUT2D eigenvalue weighted by molar-refractivity contribution is 6.03. The maximum absolute atomic E-state index is 12.5. The van der Waals surface area contributed by atoms with E-state index in [2.05, 4.69) is 15.7 Å². The lowest BCUT2D eigenvalue weighted by Crippen LogP contribution is -2.26. The number of aromatic nitrogens is 2. The zero-order chi connectivity index (χ0) is 19.2. The number of carbonyl (C=O) groups is 2. The van der Waals surface area contributed by atoms with Gasteiger partial charge in [-0.25, -0.2) is 4.68 Å². The number of hydrogen-bond acceptors (Lipinski definition) is 4. The van der Waals surface area contributed by atoms with Crippen LogP contribution in [0, 0.1) is 0 Å². The molecule has 2 aromatic carbocycles. The Hall–Kier alpha value is -3.74. The second kappa shape index (κ2) is 8.09. The number of carbonyl (C=O) groups excluding carboxylic acids is 2. The van der Waals surface area contributed by atoms with Crippen LogP contribution in [0.1, 0.15) is 23.0 Å². The fourth-order valence-electron chi connectivity index (χ4n) is 2.51. The molecule has 0 aliphatic carbocycles. The normalized spacial score (nSPS) is 10.3. The maximum Gasteiger partial charge on any atom is 0.276 e. The lowest BCUT2D eigenvalue weighted by Gasteiger charge is -2.09. The molecule has 0 atom stereocenters. The number of amides is 2. The molecule has 0 saturated heterocycles. The molecule has 2 N–H and O–H groups in total. The highest BCUT2D eigenvalue weighted by Crippen LogP contribution is 2.15. The van der Waals surface area contributed by atoms with Gasteiger partial charge < -0.3 is 10.6 Å². The molecule has 1 heterocycles. The number of rotatable bonds is 5. The van der Waals surface area contributed by atoms with Crippen LogP contribution >= 0.6 is 0 Å². The van der Waals surface area contributed by atoms with E-state index >= 15 is 0 Å². The lowest BCUT2D eigenvalue weighted by atomic mass is 10.2. The van der Waals surface area contributed by atoms with Crippen molar-refractivity contribution in [2.75, 3.05) is 10.6 Å². The first kappa shape index (κ1) is 18.1. The molecule has 136 valence electrons. The molecule has 7 heteroatoms. The van der Waals surface area contributed by atoms with Gasteiger partial charge in [0.15, 0.2) is 0 Å². The van der Waals surface area contributed by atoms with Gasteiger partial charge in [-0.3, -0.25) is 14.4 Å². The van der Waals surface area contributed by atoms with E-state index in [0.29, 0.717) is 11.4 Å². The monoisotopic (exact) mass is 362 g/mol. The topological polar surface area (TPSA) is 93.1 Å². The fourth-order valence-corrected chi connectivity index (χ4v) is 2.51. The van der Waals surface area contributed by atoms with Crippen molar-refractivity contribution in [3.63, 3.8) is 0 Å². The molecular formula is C20H18N4O3. The summed E-state index contributed by atoms with van der Waals surface area (Å²) >= 11 is 0. The highest BCUT2D eigenvalue weighted by atomic mass is 16.2. The van der Waals surface area contributed by atoms with Crippen molar-refractivity contribution in [3.8, 4) is 0 Å². The maximum atomic E-state index is 12.5. The highest BCUT2D eigenvalue weighted by Gasteiger charge is 2.11. The van der Waals surface area contributed by atoms with Gasteiger partial charge in [0.05, 0.1) is 6.54 Å². The van der Waals surface area contributed by atoms with Crippen molar-refractivity contribution in [1.29, 1.82) is 0 Å². The molecule has 2 amide bonds. The third kappa shape index (κ3) is 4.88. The third-order valence-electron chi connectivity index (χ3n) is 3.72. The second-order valence-electron chi connectivity index (χ2n) is 5.92. The summed E-state index contributed by atoms with van der Waals surface area (Å²) in [6.07, 6.45) is 0. The predicted molar refractivity (Wildman–Crippen MR) is 103 cm³/mol. The van der Waals surface area contributed by atoms with Gasteiger partial charge in [-0.05, 0) is 29.8 Å². The summed E-state index contributed by atoms with van der Waals surface area (Å²) in [5.74, 6) is -0.648. The molecule has 0 aliphatic heterocycles. The van der Waals surface area contributed by atoms with Gasteiger partial charge in [0.2, 0.25) is 5.91 Å². The summed E-state index contributed by atoms with van der Waals surface area (Å²) in [5.41, 5.74) is 1.82. The number of nitrogens with zero attached hydrogens (tertiary/aromatic N) is 2. The number of hydrogen-bond donors (Lipinski definition) is 2. The van der Waals surface area contributed by atoms with E-state index in [0.717, 1.165) is 5.56 Å². The zero-order valence-electron chi connectivity index (χ0n) is 14.7. The van der Waals surface area contributed by atoms with Crippen molar-refractivity contribution in [1.82, 2.24) is 9.78 Å². The minimum Gasteiger partial charge on any atom is -0.326 e. The van der Waals surface area contributed by atoms with Gasteiger partial charge in [-0.15, -0.1) is 0 Å². The van der Waals surface area contributed by atoms with Crippen molar-refractivity contribution in [3.05, 3.63) is 88.3 Å². The summed E-state index contributed by atoms with van der Waals surface area (Å²) in [6.45, 7) is 1.68. The van der Waals surface area contributed by atoms with Crippen molar-refractivity contribution >= 4 is 23.2 Å². The van der Waals surface area contributed by atoms with Gasteiger partial charge >= 0.3 is 0 Å². The van der Waals surface area contributed by atoms with E-state index in [1.807, 2.05) is 30.3 Å². The van der Waals surface area contributed by atoms with Crippen molar-refractivity contribution < 1.29 is 9.59 Å². The van der Waals surface area contributed by atoms with Crippen molar-refractivity contribution in [2.24, 2.45) is 0 Å². The van der Waals surface area contributed by atoms with Gasteiger partial charge in [0.1, 0.15) is 5.69 Å². The number of nitrogens with one attached hydrogen (secondary N) is 2. The standard InChI is InChI=1S/C20H18N4O3/c1-14(25)21-16-8-5-9-17(12-16)22-20(27)18-10-11-19(26)24(23-18)13-15-6-3-2-4-7-15/h2-12H,13H2,1H3,(H,21,25)(H,22,27). The van der Waals surface area contributed by atoms with Crippen LogP contribution in [-0.2, 0) is 11.3 Å². The Labute approximate surface area is 155 Å². The van der Waals surface area contributed by atoms with Gasteiger partial charge in [-0.1, -0.05) is 36.4 Å². The minimum atomic E-state index is -0.447. The van der Waals surface area contributed by atoms with Crippen LogP contribution in [0.5, 0.6) is 0 Å². The average molecular weight is 362 g/mol. The quantitative estimate of drug-likeness (QED) is 0.729. The van der Waals surface area contributed by atoms with E-state index in [4.69, 9.17) is 0 Å². The Morgan fingerprint density at radius 2 is 1.63 bits per heavy atom. The molecule has 27 heavy (non-hydrogen) atoms. The Balaban J connectivity index is 1.78. The molecule has 0 spiro atoms. The lowest BCUT2D eigenvalue weighted by molar-refractivity contribution is -0.114. The molecule has 0 aliphatic rings. The van der Waals surface area contributed by atoms with Crippen LogP contribution in [0.15, 0.2) is 71.5 Å². The van der Waals surface area contributed by atoms with Crippen LogP contribution in [0.4, 0.5) is 11.4 Å². The van der Waals surface area contributed by atoms with Crippen LogP contribution in [0.2, 0.25) is 0 Å². The molecule has 7 nitrogen and oxygen atoms in total. The Morgan fingerprint density at radius 3 is 2.33 bits per heavy atom. The predicted octanol–water partition coefficient (Wildman–Crippen LogP) is 2.50. The Bertz CT molecular complexity index is 1030. The number of benzene rings is 2. The van der Waals surface area contributed by atoms with Crippen LogP contribution in [-0.4, -0.2) is 21.6 Å². The molecule has 3 aromatic rings. The van der Waals surface area contributed by atoms with E-state index in [9.17, 15) is 14.4 Å².